The lowest BCUT2D eigenvalue weighted by molar-refractivity contribution is 0.337. The van der Waals surface area contributed by atoms with Gasteiger partial charge in [-0.1, -0.05) is 53.7 Å². The molecule has 0 spiro atoms. The van der Waals surface area contributed by atoms with Crippen molar-refractivity contribution in [1.29, 1.82) is 0 Å². The second-order valence-corrected chi connectivity index (χ2v) is 5.86. The number of nitrogens with zero attached hydrogens (tertiary/aromatic N) is 1. The van der Waals surface area contributed by atoms with E-state index in [1.807, 2.05) is 30.3 Å². The molecule has 104 valence electrons. The Balaban J connectivity index is 2.05. The summed E-state index contributed by atoms with van der Waals surface area (Å²) in [4.78, 5) is 0.0938. The molecule has 0 aromatic heterocycles. The third-order valence-electron chi connectivity index (χ3n) is 2.63. The van der Waals surface area contributed by atoms with Gasteiger partial charge in [-0.15, -0.1) is 0 Å². The van der Waals surface area contributed by atoms with Crippen LogP contribution in [0.15, 0.2) is 70.7 Å². The summed E-state index contributed by atoms with van der Waals surface area (Å²) in [5, 5.41) is 3.70. The summed E-state index contributed by atoms with van der Waals surface area (Å²) in [5.41, 5.74) is 1.64. The monoisotopic (exact) mass is 289 g/mol. The van der Waals surface area contributed by atoms with Gasteiger partial charge < -0.3 is 0 Å². The van der Waals surface area contributed by atoms with Crippen molar-refractivity contribution in [2.75, 3.05) is 0 Å². The number of hydrogen-bond donors (Lipinski definition) is 0. The van der Waals surface area contributed by atoms with Crippen LogP contribution in [0.4, 0.5) is 0 Å². The van der Waals surface area contributed by atoms with E-state index in [4.69, 9.17) is 4.28 Å². The molecule has 20 heavy (non-hydrogen) atoms. The summed E-state index contributed by atoms with van der Waals surface area (Å²) in [6.07, 6.45) is 0.547. The van der Waals surface area contributed by atoms with Crippen molar-refractivity contribution in [2.24, 2.45) is 5.16 Å². The van der Waals surface area contributed by atoms with Gasteiger partial charge in [0.05, 0.1) is 5.71 Å². The maximum Gasteiger partial charge on any atom is 0.358 e. The molecule has 2 aromatic rings. The van der Waals surface area contributed by atoms with Gasteiger partial charge >= 0.3 is 10.1 Å². The molecule has 0 N–H and O–H groups in total. The SMILES string of the molecule is C/C(Cc1ccccc1)=N\OS(=O)(=O)c1ccccc1. The maximum absolute atomic E-state index is 11.9. The van der Waals surface area contributed by atoms with E-state index in [0.717, 1.165) is 5.56 Å². The van der Waals surface area contributed by atoms with Gasteiger partial charge in [0.1, 0.15) is 4.90 Å². The molecule has 0 aliphatic carbocycles. The van der Waals surface area contributed by atoms with Gasteiger partial charge in [0, 0.05) is 6.42 Å². The van der Waals surface area contributed by atoms with E-state index in [2.05, 4.69) is 5.16 Å². The Hall–Kier alpha value is -2.14. The van der Waals surface area contributed by atoms with Crippen molar-refractivity contribution in [1.82, 2.24) is 0 Å². The molecule has 0 atom stereocenters. The van der Waals surface area contributed by atoms with Gasteiger partial charge in [0.15, 0.2) is 0 Å². The Morgan fingerprint density at radius 3 is 2.15 bits per heavy atom. The molecule has 2 rings (SSSR count). The van der Waals surface area contributed by atoms with E-state index >= 15 is 0 Å². The summed E-state index contributed by atoms with van der Waals surface area (Å²) in [7, 11) is -3.84. The van der Waals surface area contributed by atoms with Gasteiger partial charge in [-0.25, -0.2) is 0 Å². The number of rotatable bonds is 5. The molecule has 2 aromatic carbocycles. The summed E-state index contributed by atoms with van der Waals surface area (Å²) < 4.78 is 28.4. The van der Waals surface area contributed by atoms with Crippen LogP contribution in [0.2, 0.25) is 0 Å². The average Bonchev–Trinajstić information content (AvgIpc) is 2.47. The smallest absolute Gasteiger partial charge is 0.265 e. The molecule has 5 heteroatoms. The van der Waals surface area contributed by atoms with Crippen LogP contribution in [-0.2, 0) is 20.8 Å². The van der Waals surface area contributed by atoms with E-state index < -0.39 is 10.1 Å². The van der Waals surface area contributed by atoms with E-state index in [-0.39, 0.29) is 4.90 Å². The fourth-order valence-corrected chi connectivity index (χ4v) is 2.47. The fraction of sp³-hybridized carbons (Fsp3) is 0.133. The van der Waals surface area contributed by atoms with Crippen molar-refractivity contribution in [2.45, 2.75) is 18.2 Å². The highest BCUT2D eigenvalue weighted by Gasteiger charge is 2.14. The molecule has 0 fully saturated rings. The van der Waals surface area contributed by atoms with Crippen molar-refractivity contribution in [3.05, 3.63) is 66.2 Å². The lowest BCUT2D eigenvalue weighted by atomic mass is 10.1. The van der Waals surface area contributed by atoms with Gasteiger partial charge in [-0.05, 0) is 24.6 Å². The van der Waals surface area contributed by atoms with E-state index in [1.54, 1.807) is 25.1 Å². The molecule has 0 saturated carbocycles. The molecule has 0 bridgehead atoms. The molecule has 0 saturated heterocycles. The molecule has 0 aliphatic rings. The third kappa shape index (κ3) is 3.93. The van der Waals surface area contributed by atoms with Gasteiger partial charge in [-0.3, -0.25) is 4.28 Å². The highest BCUT2D eigenvalue weighted by Crippen LogP contribution is 2.12. The van der Waals surface area contributed by atoms with Crippen LogP contribution >= 0.6 is 0 Å². The number of oxime groups is 1. The van der Waals surface area contributed by atoms with Crippen LogP contribution in [0.1, 0.15) is 12.5 Å². The van der Waals surface area contributed by atoms with Crippen molar-refractivity contribution in [3.8, 4) is 0 Å². The van der Waals surface area contributed by atoms with Gasteiger partial charge in [0.2, 0.25) is 0 Å². The third-order valence-corrected chi connectivity index (χ3v) is 3.75. The summed E-state index contributed by atoms with van der Waals surface area (Å²) in [6.45, 7) is 1.73. The quantitative estimate of drug-likeness (QED) is 0.628. The predicted molar refractivity (Wildman–Crippen MR) is 78.0 cm³/mol. The summed E-state index contributed by atoms with van der Waals surface area (Å²) in [6, 6.07) is 17.6. The Labute approximate surface area is 118 Å². The first-order valence-electron chi connectivity index (χ1n) is 6.14. The first-order valence-corrected chi connectivity index (χ1v) is 7.55. The standard InChI is InChI=1S/C15H15NO3S/c1-13(12-14-8-4-2-5-9-14)16-19-20(17,18)15-10-6-3-7-11-15/h2-11H,12H2,1H3/b16-13+. The second-order valence-electron chi connectivity index (χ2n) is 4.33. The van der Waals surface area contributed by atoms with Crippen LogP contribution < -0.4 is 0 Å². The molecule has 4 nitrogen and oxygen atoms in total. The number of benzene rings is 2. The zero-order valence-corrected chi connectivity index (χ0v) is 11.9. The van der Waals surface area contributed by atoms with E-state index in [1.165, 1.54) is 12.1 Å². The van der Waals surface area contributed by atoms with E-state index in [0.29, 0.717) is 12.1 Å². The highest BCUT2D eigenvalue weighted by molar-refractivity contribution is 7.86. The molecule has 0 unspecified atom stereocenters. The van der Waals surface area contributed by atoms with Crippen molar-refractivity contribution < 1.29 is 12.7 Å². The Morgan fingerprint density at radius 2 is 1.55 bits per heavy atom. The summed E-state index contributed by atoms with van der Waals surface area (Å²) >= 11 is 0. The summed E-state index contributed by atoms with van der Waals surface area (Å²) in [5.74, 6) is 0. The second kappa shape index (κ2) is 6.34. The molecular weight excluding hydrogens is 274 g/mol. The Kier molecular flexibility index (Phi) is 4.53. The van der Waals surface area contributed by atoms with Crippen molar-refractivity contribution in [3.63, 3.8) is 0 Å². The average molecular weight is 289 g/mol. The van der Waals surface area contributed by atoms with Crippen LogP contribution in [0.25, 0.3) is 0 Å². The maximum atomic E-state index is 11.9. The van der Waals surface area contributed by atoms with Crippen molar-refractivity contribution >= 4 is 15.8 Å². The molecule has 0 heterocycles. The lowest BCUT2D eigenvalue weighted by Crippen LogP contribution is -2.05. The minimum atomic E-state index is -3.84. The topological polar surface area (TPSA) is 55.7 Å². The van der Waals surface area contributed by atoms with E-state index in [9.17, 15) is 8.42 Å². The lowest BCUT2D eigenvalue weighted by Gasteiger charge is -2.03. The van der Waals surface area contributed by atoms with Crippen LogP contribution in [0, 0.1) is 0 Å². The predicted octanol–water partition coefficient (Wildman–Crippen LogP) is 3.01. The molecule has 0 aliphatic heterocycles. The number of hydrogen-bond acceptors (Lipinski definition) is 4. The zero-order chi connectivity index (χ0) is 14.4. The Morgan fingerprint density at radius 1 is 1.00 bits per heavy atom. The van der Waals surface area contributed by atoms with Gasteiger partial charge in [0.25, 0.3) is 0 Å². The Bertz CT molecular complexity index is 680. The van der Waals surface area contributed by atoms with Crippen LogP contribution in [0.5, 0.6) is 0 Å². The minimum absolute atomic E-state index is 0.0938. The molecule has 0 radical (unpaired) electrons. The fourth-order valence-electron chi connectivity index (χ4n) is 1.67. The largest absolute Gasteiger partial charge is 0.358 e. The van der Waals surface area contributed by atoms with Crippen LogP contribution in [0.3, 0.4) is 0 Å². The zero-order valence-electron chi connectivity index (χ0n) is 11.1. The van der Waals surface area contributed by atoms with Gasteiger partial charge in [-0.2, -0.15) is 8.42 Å². The molecule has 0 amide bonds. The first kappa shape index (κ1) is 14.3. The normalized spacial score (nSPS) is 12.2. The molecular formula is C15H15NO3S. The first-order chi connectivity index (χ1) is 9.58. The minimum Gasteiger partial charge on any atom is -0.265 e. The highest BCUT2D eigenvalue weighted by atomic mass is 32.2. The van der Waals surface area contributed by atoms with Crippen LogP contribution in [-0.4, -0.2) is 14.1 Å².